The molecule has 1 fully saturated rings. The third-order valence-electron chi connectivity index (χ3n) is 3.33. The van der Waals surface area contributed by atoms with E-state index in [1.54, 1.807) is 0 Å². The van der Waals surface area contributed by atoms with E-state index in [0.717, 1.165) is 49.2 Å². The summed E-state index contributed by atoms with van der Waals surface area (Å²) in [5.41, 5.74) is 7.57. The van der Waals surface area contributed by atoms with Crippen molar-refractivity contribution in [3.05, 3.63) is 23.8 Å². The van der Waals surface area contributed by atoms with Crippen molar-refractivity contribution in [2.75, 3.05) is 18.9 Å². The van der Waals surface area contributed by atoms with Crippen molar-refractivity contribution in [1.29, 1.82) is 0 Å². The van der Waals surface area contributed by atoms with Crippen molar-refractivity contribution in [2.45, 2.75) is 32.6 Å². The van der Waals surface area contributed by atoms with Gasteiger partial charge in [-0.3, -0.25) is 4.79 Å². The van der Waals surface area contributed by atoms with E-state index < -0.39 is 0 Å². The van der Waals surface area contributed by atoms with Gasteiger partial charge in [0.1, 0.15) is 5.75 Å². The number of nitrogen functional groups attached to an aromatic ring is 1. The molecular formula is C15H22N2O2. The number of rotatable bonds is 7. The maximum absolute atomic E-state index is 11.4. The molecule has 1 aliphatic carbocycles. The normalized spacial score (nSPS) is 14.2. The van der Waals surface area contributed by atoms with Gasteiger partial charge in [0.2, 0.25) is 5.91 Å². The molecule has 0 bridgehead atoms. The van der Waals surface area contributed by atoms with Gasteiger partial charge in [0, 0.05) is 18.2 Å². The first-order valence-corrected chi connectivity index (χ1v) is 6.93. The number of ether oxygens (including phenoxy) is 1. The zero-order valence-electron chi connectivity index (χ0n) is 11.4. The van der Waals surface area contributed by atoms with Crippen molar-refractivity contribution in [1.82, 2.24) is 5.32 Å². The molecule has 4 nitrogen and oxygen atoms in total. The quantitative estimate of drug-likeness (QED) is 0.585. The number of anilines is 1. The third-order valence-corrected chi connectivity index (χ3v) is 3.33. The standard InChI is InChI=1S/C15H22N2O2/c1-11-10-13(6-7-14(11)16)19-9-3-2-8-17-15(18)12-4-5-12/h6-7,10,12H,2-5,8-9,16H2,1H3,(H,17,18). The molecule has 1 amide bonds. The molecule has 3 N–H and O–H groups in total. The smallest absolute Gasteiger partial charge is 0.223 e. The van der Waals surface area contributed by atoms with Crippen LogP contribution in [0.5, 0.6) is 5.75 Å². The van der Waals surface area contributed by atoms with Crippen LogP contribution in [0.1, 0.15) is 31.2 Å². The highest BCUT2D eigenvalue weighted by atomic mass is 16.5. The molecule has 4 heteroatoms. The number of hydrogen-bond acceptors (Lipinski definition) is 3. The van der Waals surface area contributed by atoms with E-state index in [4.69, 9.17) is 10.5 Å². The van der Waals surface area contributed by atoms with Crippen LogP contribution in [0.3, 0.4) is 0 Å². The topological polar surface area (TPSA) is 64.3 Å². The van der Waals surface area contributed by atoms with Crippen molar-refractivity contribution >= 4 is 11.6 Å². The fourth-order valence-corrected chi connectivity index (χ4v) is 1.86. The second-order valence-corrected chi connectivity index (χ2v) is 5.14. The van der Waals surface area contributed by atoms with Gasteiger partial charge in [-0.05, 0) is 56.4 Å². The van der Waals surface area contributed by atoms with E-state index in [9.17, 15) is 4.79 Å². The molecule has 1 saturated carbocycles. The monoisotopic (exact) mass is 262 g/mol. The summed E-state index contributed by atoms with van der Waals surface area (Å²) in [6.45, 7) is 3.39. The van der Waals surface area contributed by atoms with Crippen LogP contribution < -0.4 is 15.8 Å². The van der Waals surface area contributed by atoms with E-state index in [1.807, 2.05) is 25.1 Å². The Morgan fingerprint density at radius 3 is 2.89 bits per heavy atom. The molecule has 2 rings (SSSR count). The zero-order chi connectivity index (χ0) is 13.7. The summed E-state index contributed by atoms with van der Waals surface area (Å²) < 4.78 is 5.64. The Bertz CT molecular complexity index is 442. The molecule has 0 atom stereocenters. The van der Waals surface area contributed by atoms with Crippen LogP contribution in [0.2, 0.25) is 0 Å². The van der Waals surface area contributed by atoms with Crippen LogP contribution in [-0.2, 0) is 4.79 Å². The molecule has 0 radical (unpaired) electrons. The average molecular weight is 262 g/mol. The molecule has 104 valence electrons. The maximum atomic E-state index is 11.4. The SMILES string of the molecule is Cc1cc(OCCCCNC(=O)C2CC2)ccc1N. The molecular weight excluding hydrogens is 240 g/mol. The van der Waals surface area contributed by atoms with Crippen LogP contribution >= 0.6 is 0 Å². The van der Waals surface area contributed by atoms with Crippen LogP contribution in [0.15, 0.2) is 18.2 Å². The summed E-state index contributed by atoms with van der Waals surface area (Å²) >= 11 is 0. The lowest BCUT2D eigenvalue weighted by molar-refractivity contribution is -0.122. The van der Waals surface area contributed by atoms with E-state index in [0.29, 0.717) is 12.5 Å². The van der Waals surface area contributed by atoms with E-state index in [2.05, 4.69) is 5.32 Å². The third kappa shape index (κ3) is 4.47. The summed E-state index contributed by atoms with van der Waals surface area (Å²) in [6, 6.07) is 5.70. The predicted molar refractivity (Wildman–Crippen MR) is 76.1 cm³/mol. The first kappa shape index (κ1) is 13.7. The predicted octanol–water partition coefficient (Wildman–Crippen LogP) is 2.26. The maximum Gasteiger partial charge on any atom is 0.223 e. The van der Waals surface area contributed by atoms with Crippen molar-refractivity contribution in [3.8, 4) is 5.75 Å². The number of nitrogens with one attached hydrogen (secondary N) is 1. The Labute approximate surface area is 114 Å². The Morgan fingerprint density at radius 2 is 2.21 bits per heavy atom. The lowest BCUT2D eigenvalue weighted by atomic mass is 10.2. The molecule has 0 aromatic heterocycles. The summed E-state index contributed by atoms with van der Waals surface area (Å²) in [5.74, 6) is 1.37. The number of aryl methyl sites for hydroxylation is 1. The minimum atomic E-state index is 0.218. The lowest BCUT2D eigenvalue weighted by Gasteiger charge is -2.08. The summed E-state index contributed by atoms with van der Waals surface area (Å²) in [7, 11) is 0. The summed E-state index contributed by atoms with van der Waals surface area (Å²) in [5, 5.41) is 2.95. The van der Waals surface area contributed by atoms with Gasteiger partial charge in [-0.1, -0.05) is 0 Å². The molecule has 0 aliphatic heterocycles. The Hall–Kier alpha value is -1.71. The molecule has 0 spiro atoms. The minimum absolute atomic E-state index is 0.218. The molecule has 0 saturated heterocycles. The van der Waals surface area contributed by atoms with Gasteiger partial charge in [-0.2, -0.15) is 0 Å². The average Bonchev–Trinajstić information content (AvgIpc) is 3.21. The van der Waals surface area contributed by atoms with Gasteiger partial charge in [-0.25, -0.2) is 0 Å². The summed E-state index contributed by atoms with van der Waals surface area (Å²) in [4.78, 5) is 11.4. The van der Waals surface area contributed by atoms with Gasteiger partial charge >= 0.3 is 0 Å². The first-order chi connectivity index (χ1) is 9.16. The number of benzene rings is 1. The van der Waals surface area contributed by atoms with Crippen LogP contribution in [0.4, 0.5) is 5.69 Å². The number of hydrogen-bond donors (Lipinski definition) is 2. The largest absolute Gasteiger partial charge is 0.494 e. The Morgan fingerprint density at radius 1 is 1.42 bits per heavy atom. The van der Waals surface area contributed by atoms with Gasteiger partial charge in [0.05, 0.1) is 6.61 Å². The summed E-state index contributed by atoms with van der Waals surface area (Å²) in [6.07, 6.45) is 4.01. The van der Waals surface area contributed by atoms with Gasteiger partial charge in [0.15, 0.2) is 0 Å². The molecule has 19 heavy (non-hydrogen) atoms. The zero-order valence-corrected chi connectivity index (χ0v) is 11.4. The highest BCUT2D eigenvalue weighted by molar-refractivity contribution is 5.80. The van der Waals surface area contributed by atoms with Crippen LogP contribution in [0, 0.1) is 12.8 Å². The number of carbonyl (C=O) groups excluding carboxylic acids is 1. The second kappa shape index (κ2) is 6.45. The van der Waals surface area contributed by atoms with E-state index in [1.165, 1.54) is 0 Å². The van der Waals surface area contributed by atoms with Crippen LogP contribution in [0.25, 0.3) is 0 Å². The van der Waals surface area contributed by atoms with Gasteiger partial charge in [-0.15, -0.1) is 0 Å². The number of unbranched alkanes of at least 4 members (excludes halogenated alkanes) is 1. The van der Waals surface area contributed by atoms with Gasteiger partial charge < -0.3 is 15.8 Å². The highest BCUT2D eigenvalue weighted by Gasteiger charge is 2.28. The fraction of sp³-hybridized carbons (Fsp3) is 0.533. The molecule has 1 aromatic rings. The van der Waals surface area contributed by atoms with Crippen molar-refractivity contribution < 1.29 is 9.53 Å². The number of carbonyl (C=O) groups is 1. The second-order valence-electron chi connectivity index (χ2n) is 5.14. The fourth-order valence-electron chi connectivity index (χ4n) is 1.86. The van der Waals surface area contributed by atoms with Crippen molar-refractivity contribution in [2.24, 2.45) is 5.92 Å². The lowest BCUT2D eigenvalue weighted by Crippen LogP contribution is -2.25. The first-order valence-electron chi connectivity index (χ1n) is 6.93. The molecule has 0 unspecified atom stereocenters. The number of amides is 1. The highest BCUT2D eigenvalue weighted by Crippen LogP contribution is 2.28. The van der Waals surface area contributed by atoms with E-state index >= 15 is 0 Å². The Kier molecular flexibility index (Phi) is 4.66. The molecule has 1 aliphatic rings. The van der Waals surface area contributed by atoms with Crippen LogP contribution in [-0.4, -0.2) is 19.1 Å². The van der Waals surface area contributed by atoms with Crippen molar-refractivity contribution in [3.63, 3.8) is 0 Å². The van der Waals surface area contributed by atoms with E-state index in [-0.39, 0.29) is 5.91 Å². The molecule has 1 aromatic carbocycles. The Balaban J connectivity index is 1.56. The molecule has 0 heterocycles. The number of nitrogens with two attached hydrogens (primary N) is 1. The minimum Gasteiger partial charge on any atom is -0.494 e. The van der Waals surface area contributed by atoms with Gasteiger partial charge in [0.25, 0.3) is 0 Å².